The molecule has 18 heavy (non-hydrogen) atoms. The lowest BCUT2D eigenvalue weighted by Crippen LogP contribution is -2.45. The van der Waals surface area contributed by atoms with E-state index in [0.717, 1.165) is 5.56 Å². The van der Waals surface area contributed by atoms with Crippen LogP contribution in [-0.2, 0) is 17.4 Å². The van der Waals surface area contributed by atoms with Crippen molar-refractivity contribution in [3.05, 3.63) is 42.2 Å². The van der Waals surface area contributed by atoms with Crippen molar-refractivity contribution in [1.82, 2.24) is 14.8 Å². The third-order valence-electron chi connectivity index (χ3n) is 2.78. The van der Waals surface area contributed by atoms with Crippen LogP contribution in [0.2, 0.25) is 0 Å². The third kappa shape index (κ3) is 2.23. The molecule has 6 nitrogen and oxygen atoms in total. The first-order valence-electron chi connectivity index (χ1n) is 5.51. The maximum Gasteiger partial charge on any atom is 0.251 e. The van der Waals surface area contributed by atoms with E-state index in [9.17, 15) is 4.79 Å². The SMILES string of the molecule is Cn1ncnc1NC(=O)C(C)(N)c1ccccc1. The van der Waals surface area contributed by atoms with Crippen LogP contribution < -0.4 is 11.1 Å². The molecule has 0 bridgehead atoms. The standard InChI is InChI=1S/C12H15N5O/c1-12(13,9-6-4-3-5-7-9)10(18)16-11-14-8-15-17(11)2/h3-8H,13H2,1-2H3,(H,14,15,16,18). The zero-order valence-corrected chi connectivity index (χ0v) is 10.3. The van der Waals surface area contributed by atoms with Crippen LogP contribution in [-0.4, -0.2) is 20.7 Å². The van der Waals surface area contributed by atoms with E-state index in [-0.39, 0.29) is 5.91 Å². The highest BCUT2D eigenvalue weighted by Crippen LogP contribution is 2.18. The van der Waals surface area contributed by atoms with Gasteiger partial charge >= 0.3 is 0 Å². The number of aryl methyl sites for hydroxylation is 1. The molecule has 1 atom stereocenters. The predicted molar refractivity (Wildman–Crippen MR) is 67.6 cm³/mol. The Morgan fingerprint density at radius 2 is 2.06 bits per heavy atom. The number of nitrogens with zero attached hydrogens (tertiary/aromatic N) is 3. The average Bonchev–Trinajstić information content (AvgIpc) is 2.76. The van der Waals surface area contributed by atoms with Gasteiger partial charge in [0.15, 0.2) is 0 Å². The molecule has 1 aromatic heterocycles. The molecule has 0 spiro atoms. The highest BCUT2D eigenvalue weighted by Gasteiger charge is 2.31. The number of aromatic nitrogens is 3. The van der Waals surface area contributed by atoms with E-state index in [1.54, 1.807) is 14.0 Å². The van der Waals surface area contributed by atoms with Crippen LogP contribution >= 0.6 is 0 Å². The van der Waals surface area contributed by atoms with E-state index in [2.05, 4.69) is 15.4 Å². The van der Waals surface area contributed by atoms with E-state index in [0.29, 0.717) is 5.95 Å². The van der Waals surface area contributed by atoms with Gasteiger partial charge in [0.1, 0.15) is 11.9 Å². The minimum atomic E-state index is -1.12. The summed E-state index contributed by atoms with van der Waals surface area (Å²) in [6, 6.07) is 9.19. The molecule has 0 fully saturated rings. The number of hydrogen-bond acceptors (Lipinski definition) is 4. The van der Waals surface area contributed by atoms with Crippen LogP contribution in [0.25, 0.3) is 0 Å². The lowest BCUT2D eigenvalue weighted by atomic mass is 9.92. The summed E-state index contributed by atoms with van der Waals surface area (Å²) in [4.78, 5) is 16.1. The Bertz CT molecular complexity index is 547. The van der Waals surface area contributed by atoms with Crippen molar-refractivity contribution in [3.8, 4) is 0 Å². The van der Waals surface area contributed by atoms with Gasteiger partial charge in [-0.15, -0.1) is 0 Å². The van der Waals surface area contributed by atoms with Crippen molar-refractivity contribution >= 4 is 11.9 Å². The topological polar surface area (TPSA) is 85.8 Å². The van der Waals surface area contributed by atoms with E-state index < -0.39 is 5.54 Å². The largest absolute Gasteiger partial charge is 0.314 e. The van der Waals surface area contributed by atoms with Crippen LogP contribution in [0.15, 0.2) is 36.7 Å². The van der Waals surface area contributed by atoms with Crippen LogP contribution in [0, 0.1) is 0 Å². The predicted octanol–water partition coefficient (Wildman–Crippen LogP) is 0.628. The maximum absolute atomic E-state index is 12.2. The molecule has 6 heteroatoms. The van der Waals surface area contributed by atoms with Crippen molar-refractivity contribution in [3.63, 3.8) is 0 Å². The fraction of sp³-hybridized carbons (Fsp3) is 0.250. The Balaban J connectivity index is 2.21. The first kappa shape index (κ1) is 12.3. The number of benzene rings is 1. The first-order chi connectivity index (χ1) is 8.51. The van der Waals surface area contributed by atoms with Gasteiger partial charge in [-0.05, 0) is 12.5 Å². The lowest BCUT2D eigenvalue weighted by Gasteiger charge is -2.23. The monoisotopic (exact) mass is 245 g/mol. The summed E-state index contributed by atoms with van der Waals surface area (Å²) in [6.45, 7) is 1.66. The van der Waals surface area contributed by atoms with Gasteiger partial charge in [0.2, 0.25) is 5.95 Å². The number of carbonyl (C=O) groups excluding carboxylic acids is 1. The molecule has 1 amide bonds. The molecule has 2 aromatic rings. The molecule has 94 valence electrons. The van der Waals surface area contributed by atoms with Gasteiger partial charge in [-0.3, -0.25) is 10.1 Å². The molecule has 3 N–H and O–H groups in total. The smallest absolute Gasteiger partial charge is 0.251 e. The summed E-state index contributed by atoms with van der Waals surface area (Å²) in [5, 5.41) is 6.53. The molecule has 0 aliphatic heterocycles. The van der Waals surface area contributed by atoms with Crippen LogP contribution in [0.3, 0.4) is 0 Å². The molecular formula is C12H15N5O. The van der Waals surface area contributed by atoms with Gasteiger partial charge in [-0.1, -0.05) is 30.3 Å². The van der Waals surface area contributed by atoms with Crippen molar-refractivity contribution in [2.75, 3.05) is 5.32 Å². The van der Waals surface area contributed by atoms with Crippen molar-refractivity contribution in [2.45, 2.75) is 12.5 Å². The lowest BCUT2D eigenvalue weighted by molar-refractivity contribution is -0.121. The molecule has 2 rings (SSSR count). The number of amides is 1. The molecule has 1 unspecified atom stereocenters. The highest BCUT2D eigenvalue weighted by molar-refractivity contribution is 5.97. The molecule has 0 aliphatic rings. The van der Waals surface area contributed by atoms with Crippen molar-refractivity contribution < 1.29 is 4.79 Å². The van der Waals surface area contributed by atoms with Crippen LogP contribution in [0.1, 0.15) is 12.5 Å². The number of carbonyl (C=O) groups is 1. The zero-order valence-electron chi connectivity index (χ0n) is 10.3. The Labute approximate surface area is 105 Å². The normalized spacial score (nSPS) is 13.9. The van der Waals surface area contributed by atoms with Gasteiger partial charge < -0.3 is 5.73 Å². The quantitative estimate of drug-likeness (QED) is 0.830. The summed E-state index contributed by atoms with van der Waals surface area (Å²) >= 11 is 0. The second kappa shape index (κ2) is 4.58. The summed E-state index contributed by atoms with van der Waals surface area (Å²) in [7, 11) is 1.69. The summed E-state index contributed by atoms with van der Waals surface area (Å²) in [5.41, 5.74) is 5.70. The Morgan fingerprint density at radius 1 is 1.39 bits per heavy atom. The molecule has 1 aromatic carbocycles. The van der Waals surface area contributed by atoms with E-state index in [1.807, 2.05) is 30.3 Å². The second-order valence-electron chi connectivity index (χ2n) is 4.23. The first-order valence-corrected chi connectivity index (χ1v) is 5.51. The highest BCUT2D eigenvalue weighted by atomic mass is 16.2. The van der Waals surface area contributed by atoms with E-state index >= 15 is 0 Å². The van der Waals surface area contributed by atoms with Crippen molar-refractivity contribution in [1.29, 1.82) is 0 Å². The third-order valence-corrected chi connectivity index (χ3v) is 2.78. The van der Waals surface area contributed by atoms with Crippen LogP contribution in [0.4, 0.5) is 5.95 Å². The number of anilines is 1. The Morgan fingerprint density at radius 3 is 2.61 bits per heavy atom. The second-order valence-corrected chi connectivity index (χ2v) is 4.23. The Kier molecular flexibility index (Phi) is 3.12. The average molecular weight is 245 g/mol. The summed E-state index contributed by atoms with van der Waals surface area (Å²) in [5.74, 6) is 0.0393. The number of nitrogens with two attached hydrogens (primary N) is 1. The van der Waals surface area contributed by atoms with Crippen LogP contribution in [0.5, 0.6) is 0 Å². The molecule has 0 aliphatic carbocycles. The van der Waals surface area contributed by atoms with Gasteiger partial charge in [-0.2, -0.15) is 10.1 Å². The maximum atomic E-state index is 12.2. The van der Waals surface area contributed by atoms with Crippen molar-refractivity contribution in [2.24, 2.45) is 12.8 Å². The summed E-state index contributed by atoms with van der Waals surface area (Å²) in [6.07, 6.45) is 1.37. The molecule has 0 saturated heterocycles. The van der Waals surface area contributed by atoms with Gasteiger partial charge in [0.05, 0.1) is 0 Å². The molecule has 0 radical (unpaired) electrons. The van der Waals surface area contributed by atoms with Gasteiger partial charge in [-0.25, -0.2) is 4.68 Å². The Hall–Kier alpha value is -2.21. The minimum absolute atomic E-state index is 0.329. The minimum Gasteiger partial charge on any atom is -0.314 e. The molecule has 1 heterocycles. The fourth-order valence-electron chi connectivity index (χ4n) is 1.56. The van der Waals surface area contributed by atoms with Gasteiger partial charge in [0.25, 0.3) is 5.91 Å². The number of nitrogens with one attached hydrogen (secondary N) is 1. The summed E-state index contributed by atoms with van der Waals surface area (Å²) < 4.78 is 1.47. The van der Waals surface area contributed by atoms with E-state index in [1.165, 1.54) is 11.0 Å². The molecular weight excluding hydrogens is 230 g/mol. The number of rotatable bonds is 3. The van der Waals surface area contributed by atoms with Gasteiger partial charge in [0, 0.05) is 7.05 Å². The van der Waals surface area contributed by atoms with E-state index in [4.69, 9.17) is 5.73 Å². The molecule has 0 saturated carbocycles. The number of hydrogen-bond donors (Lipinski definition) is 2. The fourth-order valence-corrected chi connectivity index (χ4v) is 1.56. The zero-order chi connectivity index (χ0) is 13.2.